The molecule has 4 rings (SSSR count). The topological polar surface area (TPSA) is 67.4 Å². The first kappa shape index (κ1) is 23.9. The molecule has 34 heavy (non-hydrogen) atoms. The Balaban J connectivity index is 1.77. The molecule has 0 saturated heterocycles. The molecule has 0 saturated carbocycles. The van der Waals surface area contributed by atoms with E-state index in [2.05, 4.69) is 10.6 Å². The van der Waals surface area contributed by atoms with Gasteiger partial charge < -0.3 is 15.4 Å². The number of carbonyl (C=O) groups is 2. The second-order valence-corrected chi connectivity index (χ2v) is 8.59. The normalized spacial score (nSPS) is 18.4. The first-order valence-corrected chi connectivity index (χ1v) is 11.0. The SMILES string of the molecule is COc1ccc(C2C(C(=O)Nc3cc(C(F)(F)F)ccc3Cl)=C(C)NC3=C2C(=O)CCC3)cc1. The van der Waals surface area contributed by atoms with Gasteiger partial charge in [0.2, 0.25) is 0 Å². The van der Waals surface area contributed by atoms with E-state index in [-0.39, 0.29) is 22.1 Å². The van der Waals surface area contributed by atoms with Crippen LogP contribution in [0.4, 0.5) is 18.9 Å². The molecular formula is C25H22ClF3N2O3. The third kappa shape index (κ3) is 4.55. The van der Waals surface area contributed by atoms with Gasteiger partial charge in [-0.2, -0.15) is 13.2 Å². The lowest BCUT2D eigenvalue weighted by atomic mass is 9.75. The van der Waals surface area contributed by atoms with E-state index >= 15 is 0 Å². The maximum atomic E-state index is 13.5. The summed E-state index contributed by atoms with van der Waals surface area (Å²) in [5, 5.41) is 5.68. The van der Waals surface area contributed by atoms with Gasteiger partial charge in [-0.3, -0.25) is 9.59 Å². The Kier molecular flexibility index (Phi) is 6.45. The number of dihydropyridines is 1. The van der Waals surface area contributed by atoms with Crippen LogP contribution < -0.4 is 15.4 Å². The number of amides is 1. The van der Waals surface area contributed by atoms with Crippen LogP contribution in [0.25, 0.3) is 0 Å². The highest BCUT2D eigenvalue weighted by atomic mass is 35.5. The molecular weight excluding hydrogens is 469 g/mol. The summed E-state index contributed by atoms with van der Waals surface area (Å²) in [6.45, 7) is 1.71. The molecule has 1 amide bonds. The number of Topliss-reactive ketones (excluding diaryl/α,β-unsaturated/α-hetero) is 1. The second kappa shape index (κ2) is 9.18. The molecule has 1 aliphatic heterocycles. The Morgan fingerprint density at radius 3 is 2.50 bits per heavy atom. The molecule has 178 valence electrons. The molecule has 2 N–H and O–H groups in total. The number of halogens is 4. The standard InChI is InChI=1S/C25H22ClF3N2O3/c1-13-21(24(33)31-19-12-15(25(27,28)29)8-11-17(19)26)22(14-6-9-16(34-2)10-7-14)23-18(30-13)4-3-5-20(23)32/h6-12,22,30H,3-5H2,1-2H3,(H,31,33). The number of ether oxygens (including phenoxy) is 1. The Morgan fingerprint density at radius 1 is 1.15 bits per heavy atom. The number of anilines is 1. The third-order valence-corrected chi connectivity index (χ3v) is 6.34. The highest BCUT2D eigenvalue weighted by Crippen LogP contribution is 2.43. The fourth-order valence-corrected chi connectivity index (χ4v) is 4.57. The van der Waals surface area contributed by atoms with Crippen LogP contribution >= 0.6 is 11.6 Å². The molecule has 9 heteroatoms. The number of methoxy groups -OCH3 is 1. The zero-order valence-electron chi connectivity index (χ0n) is 18.5. The number of rotatable bonds is 4. The smallest absolute Gasteiger partial charge is 0.416 e. The van der Waals surface area contributed by atoms with Gasteiger partial charge in [-0.25, -0.2) is 0 Å². The number of hydrogen-bond acceptors (Lipinski definition) is 4. The van der Waals surface area contributed by atoms with Crippen molar-refractivity contribution in [1.82, 2.24) is 5.32 Å². The lowest BCUT2D eigenvalue weighted by Crippen LogP contribution is -2.35. The highest BCUT2D eigenvalue weighted by molar-refractivity contribution is 6.34. The van der Waals surface area contributed by atoms with Crippen LogP contribution in [-0.4, -0.2) is 18.8 Å². The minimum Gasteiger partial charge on any atom is -0.497 e. The van der Waals surface area contributed by atoms with Gasteiger partial charge in [0.05, 0.1) is 23.4 Å². The van der Waals surface area contributed by atoms with Crippen molar-refractivity contribution in [1.29, 1.82) is 0 Å². The van der Waals surface area contributed by atoms with Crippen LogP contribution in [0.1, 0.15) is 43.2 Å². The van der Waals surface area contributed by atoms with Gasteiger partial charge in [-0.05, 0) is 55.7 Å². The number of ketones is 1. The van der Waals surface area contributed by atoms with Crippen LogP contribution in [0.2, 0.25) is 5.02 Å². The van der Waals surface area contributed by atoms with Crippen LogP contribution in [0, 0.1) is 0 Å². The third-order valence-electron chi connectivity index (χ3n) is 6.01. The number of alkyl halides is 3. The van der Waals surface area contributed by atoms with Gasteiger partial charge in [0.25, 0.3) is 5.91 Å². The van der Waals surface area contributed by atoms with Gasteiger partial charge in [-0.15, -0.1) is 0 Å². The Labute approximate surface area is 199 Å². The molecule has 0 aromatic heterocycles. The van der Waals surface area contributed by atoms with E-state index in [1.165, 1.54) is 7.11 Å². The molecule has 1 aliphatic carbocycles. The first-order valence-electron chi connectivity index (χ1n) is 10.7. The van der Waals surface area contributed by atoms with Crippen molar-refractivity contribution in [2.45, 2.75) is 38.3 Å². The van der Waals surface area contributed by atoms with E-state index in [0.717, 1.165) is 23.9 Å². The molecule has 1 heterocycles. The summed E-state index contributed by atoms with van der Waals surface area (Å²) in [4.78, 5) is 26.4. The van der Waals surface area contributed by atoms with Crippen molar-refractivity contribution in [2.24, 2.45) is 0 Å². The predicted octanol–water partition coefficient (Wildman–Crippen LogP) is 5.97. The Bertz CT molecular complexity index is 1220. The monoisotopic (exact) mass is 490 g/mol. The van der Waals surface area contributed by atoms with Gasteiger partial charge in [0, 0.05) is 34.9 Å². The average molecular weight is 491 g/mol. The second-order valence-electron chi connectivity index (χ2n) is 8.19. The number of allylic oxidation sites excluding steroid dienone is 3. The van der Waals surface area contributed by atoms with E-state index in [9.17, 15) is 22.8 Å². The lowest BCUT2D eigenvalue weighted by molar-refractivity contribution is -0.137. The fourth-order valence-electron chi connectivity index (χ4n) is 4.40. The first-order chi connectivity index (χ1) is 16.1. The molecule has 0 fully saturated rings. The summed E-state index contributed by atoms with van der Waals surface area (Å²) in [5.41, 5.74) is 1.64. The highest BCUT2D eigenvalue weighted by Gasteiger charge is 2.39. The molecule has 2 aromatic carbocycles. The molecule has 0 radical (unpaired) electrons. The lowest BCUT2D eigenvalue weighted by Gasteiger charge is -2.34. The van der Waals surface area contributed by atoms with Crippen LogP contribution in [-0.2, 0) is 15.8 Å². The minimum atomic E-state index is -4.59. The largest absolute Gasteiger partial charge is 0.497 e. The van der Waals surface area contributed by atoms with Gasteiger partial charge in [-0.1, -0.05) is 23.7 Å². The van der Waals surface area contributed by atoms with Crippen LogP contribution in [0.5, 0.6) is 5.75 Å². The molecule has 1 atom stereocenters. The molecule has 0 spiro atoms. The fraction of sp³-hybridized carbons (Fsp3) is 0.280. The molecule has 0 bridgehead atoms. The molecule has 2 aliphatic rings. The van der Waals surface area contributed by atoms with E-state index in [0.29, 0.717) is 41.8 Å². The van der Waals surface area contributed by atoms with Gasteiger partial charge in [0.1, 0.15) is 5.75 Å². The zero-order valence-corrected chi connectivity index (χ0v) is 19.2. The van der Waals surface area contributed by atoms with Crippen molar-refractivity contribution < 1.29 is 27.5 Å². The molecule has 2 aromatic rings. The summed E-state index contributed by atoms with van der Waals surface area (Å²) in [7, 11) is 1.53. The van der Waals surface area contributed by atoms with Crippen LogP contribution in [0.15, 0.2) is 65.0 Å². The van der Waals surface area contributed by atoms with Crippen molar-refractivity contribution in [3.05, 3.63) is 81.2 Å². The van der Waals surface area contributed by atoms with Crippen molar-refractivity contribution in [3.8, 4) is 5.75 Å². The Hall–Kier alpha value is -3.26. The Morgan fingerprint density at radius 2 is 1.85 bits per heavy atom. The predicted molar refractivity (Wildman–Crippen MR) is 123 cm³/mol. The van der Waals surface area contributed by atoms with Gasteiger partial charge in [0.15, 0.2) is 5.78 Å². The quantitative estimate of drug-likeness (QED) is 0.553. The van der Waals surface area contributed by atoms with Gasteiger partial charge >= 0.3 is 6.18 Å². The molecule has 1 unspecified atom stereocenters. The van der Waals surface area contributed by atoms with Crippen molar-refractivity contribution >= 4 is 29.0 Å². The van der Waals surface area contributed by atoms with Crippen molar-refractivity contribution in [3.63, 3.8) is 0 Å². The molecule has 5 nitrogen and oxygen atoms in total. The summed E-state index contributed by atoms with van der Waals surface area (Å²) in [5.74, 6) is -0.773. The maximum absolute atomic E-state index is 13.5. The number of benzene rings is 2. The number of hydrogen-bond donors (Lipinski definition) is 2. The van der Waals surface area contributed by atoms with Crippen LogP contribution in [0.3, 0.4) is 0 Å². The number of nitrogens with one attached hydrogen (secondary N) is 2. The maximum Gasteiger partial charge on any atom is 0.416 e. The average Bonchev–Trinajstić information content (AvgIpc) is 2.79. The summed E-state index contributed by atoms with van der Waals surface area (Å²) in [6.07, 6.45) is -2.86. The zero-order chi connectivity index (χ0) is 24.6. The summed E-state index contributed by atoms with van der Waals surface area (Å²) in [6, 6.07) is 9.76. The summed E-state index contributed by atoms with van der Waals surface area (Å²) >= 11 is 6.10. The number of carbonyl (C=O) groups excluding carboxylic acids is 2. The van der Waals surface area contributed by atoms with E-state index in [1.807, 2.05) is 0 Å². The summed E-state index contributed by atoms with van der Waals surface area (Å²) < 4.78 is 44.8. The van der Waals surface area contributed by atoms with E-state index in [1.54, 1.807) is 31.2 Å². The van der Waals surface area contributed by atoms with Crippen molar-refractivity contribution in [2.75, 3.05) is 12.4 Å². The van der Waals surface area contributed by atoms with E-state index in [4.69, 9.17) is 16.3 Å². The van der Waals surface area contributed by atoms with E-state index < -0.39 is 23.6 Å². The minimum absolute atomic E-state index is 0.0296.